The van der Waals surface area contributed by atoms with Crippen LogP contribution >= 0.6 is 7.60 Å². The van der Waals surface area contributed by atoms with E-state index >= 15 is 0 Å². The zero-order chi connectivity index (χ0) is 10.6. The Hall–Kier alpha value is -1.32. The smallest absolute Gasteiger partial charge is 0.324 e. The molecule has 0 spiro atoms. The Kier molecular flexibility index (Phi) is 3.28. The summed E-state index contributed by atoms with van der Waals surface area (Å²) >= 11 is 0. The van der Waals surface area contributed by atoms with Crippen LogP contribution in [0.5, 0.6) is 0 Å². The number of hydrogen-bond donors (Lipinski definition) is 2. The van der Waals surface area contributed by atoms with Crippen LogP contribution in [0.15, 0.2) is 29.4 Å². The first kappa shape index (κ1) is 10.8. The SMILES string of the molecule is [N-]=[N+]=Nc1ccc(CP(=O)(O)O)cc1. The molecular formula is C7H8N3O3P. The monoisotopic (exact) mass is 213 g/mol. The summed E-state index contributed by atoms with van der Waals surface area (Å²) in [6.45, 7) is 0. The van der Waals surface area contributed by atoms with Gasteiger partial charge < -0.3 is 9.79 Å². The van der Waals surface area contributed by atoms with Gasteiger partial charge >= 0.3 is 7.60 Å². The van der Waals surface area contributed by atoms with Crippen molar-refractivity contribution in [1.29, 1.82) is 0 Å². The minimum Gasteiger partial charge on any atom is -0.324 e. The molecule has 1 aromatic rings. The maximum atomic E-state index is 10.6. The molecule has 0 bridgehead atoms. The summed E-state index contributed by atoms with van der Waals surface area (Å²) < 4.78 is 10.6. The summed E-state index contributed by atoms with van der Waals surface area (Å²) in [4.78, 5) is 19.9. The van der Waals surface area contributed by atoms with E-state index in [0.717, 1.165) is 0 Å². The van der Waals surface area contributed by atoms with E-state index in [-0.39, 0.29) is 6.16 Å². The third-order valence-electron chi connectivity index (χ3n) is 1.49. The summed E-state index contributed by atoms with van der Waals surface area (Å²) in [5, 5.41) is 3.33. The topological polar surface area (TPSA) is 106 Å². The summed E-state index contributed by atoms with van der Waals surface area (Å²) in [6.07, 6.45) is -0.302. The molecule has 74 valence electrons. The zero-order valence-electron chi connectivity index (χ0n) is 7.11. The van der Waals surface area contributed by atoms with Crippen LogP contribution in [0.2, 0.25) is 0 Å². The first-order chi connectivity index (χ1) is 6.51. The number of azide groups is 1. The molecule has 0 heterocycles. The molecule has 0 saturated carbocycles. The lowest BCUT2D eigenvalue weighted by atomic mass is 10.2. The third-order valence-corrected chi connectivity index (χ3v) is 2.26. The van der Waals surface area contributed by atoms with Crippen molar-refractivity contribution in [2.24, 2.45) is 5.11 Å². The highest BCUT2D eigenvalue weighted by Crippen LogP contribution is 2.39. The largest absolute Gasteiger partial charge is 0.329 e. The number of nitrogens with zero attached hydrogens (tertiary/aromatic N) is 3. The predicted molar refractivity (Wildman–Crippen MR) is 51.0 cm³/mol. The first-order valence-electron chi connectivity index (χ1n) is 3.70. The van der Waals surface area contributed by atoms with E-state index in [0.29, 0.717) is 11.3 Å². The van der Waals surface area contributed by atoms with Crippen molar-refractivity contribution in [2.75, 3.05) is 0 Å². The summed E-state index contributed by atoms with van der Waals surface area (Å²) in [5.41, 5.74) is 9.04. The molecule has 7 heteroatoms. The van der Waals surface area contributed by atoms with Gasteiger partial charge in [0, 0.05) is 10.6 Å². The van der Waals surface area contributed by atoms with Crippen molar-refractivity contribution >= 4 is 13.3 Å². The van der Waals surface area contributed by atoms with Gasteiger partial charge in [0.15, 0.2) is 0 Å². The van der Waals surface area contributed by atoms with Crippen molar-refractivity contribution in [3.63, 3.8) is 0 Å². The molecule has 0 aliphatic carbocycles. The summed E-state index contributed by atoms with van der Waals surface area (Å²) in [6, 6.07) is 6.04. The molecule has 1 aromatic carbocycles. The predicted octanol–water partition coefficient (Wildman–Crippen LogP) is 2.31. The average molecular weight is 213 g/mol. The lowest BCUT2D eigenvalue weighted by Crippen LogP contribution is -1.85. The van der Waals surface area contributed by atoms with Crippen LogP contribution in [0.3, 0.4) is 0 Å². The van der Waals surface area contributed by atoms with Crippen molar-refractivity contribution in [2.45, 2.75) is 6.16 Å². The highest BCUT2D eigenvalue weighted by molar-refractivity contribution is 7.50. The number of hydrogen-bond acceptors (Lipinski definition) is 2. The van der Waals surface area contributed by atoms with Crippen LogP contribution < -0.4 is 0 Å². The maximum absolute atomic E-state index is 10.6. The molecule has 0 radical (unpaired) electrons. The van der Waals surface area contributed by atoms with E-state index < -0.39 is 7.60 Å². The molecule has 2 N–H and O–H groups in total. The van der Waals surface area contributed by atoms with Gasteiger partial charge in [-0.05, 0) is 11.1 Å². The highest BCUT2D eigenvalue weighted by atomic mass is 31.2. The fourth-order valence-electron chi connectivity index (χ4n) is 0.957. The molecule has 0 aliphatic heterocycles. The van der Waals surface area contributed by atoms with Gasteiger partial charge in [0.2, 0.25) is 0 Å². The van der Waals surface area contributed by atoms with E-state index in [2.05, 4.69) is 10.0 Å². The van der Waals surface area contributed by atoms with Crippen LogP contribution in [-0.4, -0.2) is 9.79 Å². The Morgan fingerprint density at radius 2 is 1.93 bits per heavy atom. The van der Waals surface area contributed by atoms with E-state index in [1.165, 1.54) is 24.3 Å². The average Bonchev–Trinajstić information content (AvgIpc) is 2.06. The highest BCUT2D eigenvalue weighted by Gasteiger charge is 2.13. The molecule has 0 aliphatic rings. The van der Waals surface area contributed by atoms with E-state index in [1.54, 1.807) is 0 Å². The molecule has 0 unspecified atom stereocenters. The standard InChI is InChI=1S/C7H8N3O3P/c8-10-9-7-3-1-6(2-4-7)5-14(11,12)13/h1-4H,5H2,(H2,11,12,13). The van der Waals surface area contributed by atoms with E-state index in [1.807, 2.05) is 0 Å². The van der Waals surface area contributed by atoms with Gasteiger partial charge in [-0.3, -0.25) is 4.57 Å². The van der Waals surface area contributed by atoms with Crippen LogP contribution in [0.4, 0.5) is 5.69 Å². The Morgan fingerprint density at radius 3 is 2.36 bits per heavy atom. The van der Waals surface area contributed by atoms with Gasteiger partial charge in [-0.15, -0.1) is 0 Å². The Bertz CT molecular complexity index is 405. The number of benzene rings is 1. The maximum Gasteiger partial charge on any atom is 0.329 e. The first-order valence-corrected chi connectivity index (χ1v) is 5.49. The van der Waals surface area contributed by atoms with Gasteiger partial charge in [-0.1, -0.05) is 29.4 Å². The third kappa shape index (κ3) is 3.60. The lowest BCUT2D eigenvalue weighted by Gasteiger charge is -2.03. The quantitative estimate of drug-likeness (QED) is 0.348. The van der Waals surface area contributed by atoms with Crippen molar-refractivity contribution in [3.8, 4) is 0 Å². The zero-order valence-corrected chi connectivity index (χ0v) is 8.00. The van der Waals surface area contributed by atoms with E-state index in [9.17, 15) is 4.57 Å². The van der Waals surface area contributed by atoms with Gasteiger partial charge in [0.25, 0.3) is 0 Å². The van der Waals surface area contributed by atoms with E-state index in [4.69, 9.17) is 15.3 Å². The number of rotatable bonds is 3. The molecule has 1 rings (SSSR count). The fraction of sp³-hybridized carbons (Fsp3) is 0.143. The van der Waals surface area contributed by atoms with Gasteiger partial charge in [-0.25, -0.2) is 0 Å². The molecular weight excluding hydrogens is 205 g/mol. The van der Waals surface area contributed by atoms with Gasteiger partial charge in [0.1, 0.15) is 0 Å². The van der Waals surface area contributed by atoms with Crippen molar-refractivity contribution in [3.05, 3.63) is 40.3 Å². The van der Waals surface area contributed by atoms with Gasteiger partial charge in [0.05, 0.1) is 6.16 Å². The Labute approximate surface area is 80.0 Å². The fourth-order valence-corrected chi connectivity index (χ4v) is 1.64. The van der Waals surface area contributed by atoms with Crippen molar-refractivity contribution < 1.29 is 14.4 Å². The second-order valence-electron chi connectivity index (χ2n) is 2.68. The van der Waals surface area contributed by atoms with Crippen LogP contribution in [-0.2, 0) is 10.7 Å². The van der Waals surface area contributed by atoms with Crippen LogP contribution in [0.25, 0.3) is 10.4 Å². The van der Waals surface area contributed by atoms with Gasteiger partial charge in [-0.2, -0.15) is 0 Å². The minimum atomic E-state index is -4.02. The summed E-state index contributed by atoms with van der Waals surface area (Å²) in [5.74, 6) is 0. The molecule has 0 fully saturated rings. The Balaban J connectivity index is 2.84. The molecule has 0 atom stereocenters. The molecule has 0 amide bonds. The second kappa shape index (κ2) is 4.26. The second-order valence-corrected chi connectivity index (χ2v) is 4.32. The molecule has 6 nitrogen and oxygen atoms in total. The Morgan fingerprint density at radius 1 is 1.36 bits per heavy atom. The molecule has 0 aromatic heterocycles. The molecule has 0 saturated heterocycles. The minimum absolute atomic E-state index is 0.302. The molecule has 14 heavy (non-hydrogen) atoms. The van der Waals surface area contributed by atoms with Crippen LogP contribution in [0, 0.1) is 0 Å². The van der Waals surface area contributed by atoms with Crippen LogP contribution in [0.1, 0.15) is 5.56 Å². The van der Waals surface area contributed by atoms with Crippen molar-refractivity contribution in [1.82, 2.24) is 0 Å². The summed E-state index contributed by atoms with van der Waals surface area (Å²) in [7, 11) is -4.02. The lowest BCUT2D eigenvalue weighted by molar-refractivity contribution is 0.371. The normalized spacial score (nSPS) is 10.7.